The summed E-state index contributed by atoms with van der Waals surface area (Å²) in [6.07, 6.45) is -0.458. The molecule has 0 bridgehead atoms. The first-order valence-corrected chi connectivity index (χ1v) is 11.0. The third-order valence-corrected chi connectivity index (χ3v) is 6.11. The zero-order chi connectivity index (χ0) is 21.1. The Balaban J connectivity index is 1.27. The Morgan fingerprint density at radius 2 is 1.60 bits per heavy atom. The van der Waals surface area contributed by atoms with Gasteiger partial charge in [0.2, 0.25) is 0 Å². The van der Waals surface area contributed by atoms with Gasteiger partial charge in [0.25, 0.3) is 0 Å². The summed E-state index contributed by atoms with van der Waals surface area (Å²) in [5.41, 5.74) is 5.44. The van der Waals surface area contributed by atoms with Crippen molar-refractivity contribution < 1.29 is 14.7 Å². The number of aliphatic hydroxyl groups excluding tert-OH is 1. The molecule has 1 saturated heterocycles. The van der Waals surface area contributed by atoms with Gasteiger partial charge in [0.05, 0.1) is 26.2 Å². The number of aliphatic hydroxyl groups is 1. The monoisotopic (exact) mass is 405 g/mol. The van der Waals surface area contributed by atoms with Crippen molar-refractivity contribution in [1.82, 2.24) is 0 Å². The Labute approximate surface area is 179 Å². The van der Waals surface area contributed by atoms with Crippen LogP contribution in [-0.2, 0) is 0 Å². The Morgan fingerprint density at radius 1 is 0.933 bits per heavy atom. The molecule has 0 spiro atoms. The van der Waals surface area contributed by atoms with Gasteiger partial charge in [0.15, 0.2) is 0 Å². The lowest BCUT2D eigenvalue weighted by Gasteiger charge is -2.36. The second-order valence-corrected chi connectivity index (χ2v) is 8.66. The summed E-state index contributed by atoms with van der Waals surface area (Å²) in [4.78, 5) is 3.95. The Morgan fingerprint density at radius 3 is 2.30 bits per heavy atom. The fourth-order valence-electron chi connectivity index (χ4n) is 4.76. The first-order chi connectivity index (χ1) is 14.5. The third-order valence-electron chi connectivity index (χ3n) is 6.11. The molecule has 158 valence electrons. The number of aryl methyl sites for hydroxylation is 3. The average Bonchev–Trinajstić information content (AvgIpc) is 2.72. The van der Waals surface area contributed by atoms with Crippen LogP contribution in [0, 0.1) is 20.8 Å². The summed E-state index contributed by atoms with van der Waals surface area (Å²) in [6.45, 7) is 11.8. The van der Waals surface area contributed by atoms with Crippen LogP contribution in [0.15, 0.2) is 54.6 Å². The maximum absolute atomic E-state index is 10.5. The van der Waals surface area contributed by atoms with E-state index in [9.17, 15) is 5.11 Å². The number of hydrogen-bond acceptors (Lipinski definition) is 3. The number of rotatable bonds is 6. The first-order valence-electron chi connectivity index (χ1n) is 11.0. The van der Waals surface area contributed by atoms with E-state index in [4.69, 9.17) is 4.74 Å². The lowest BCUT2D eigenvalue weighted by molar-refractivity contribution is -0.903. The van der Waals surface area contributed by atoms with Gasteiger partial charge in [-0.1, -0.05) is 48.0 Å². The van der Waals surface area contributed by atoms with Crippen LogP contribution in [0.25, 0.3) is 10.8 Å². The molecular formula is C26H33N2O2+. The predicted octanol–water partition coefficient (Wildman–Crippen LogP) is 2.91. The second-order valence-electron chi connectivity index (χ2n) is 8.66. The largest absolute Gasteiger partial charge is 0.491 e. The van der Waals surface area contributed by atoms with Crippen molar-refractivity contribution in [1.29, 1.82) is 0 Å². The van der Waals surface area contributed by atoms with Crippen LogP contribution >= 0.6 is 0 Å². The maximum atomic E-state index is 10.5. The van der Waals surface area contributed by atoms with Gasteiger partial charge >= 0.3 is 0 Å². The molecule has 0 aliphatic carbocycles. The van der Waals surface area contributed by atoms with Crippen molar-refractivity contribution in [3.05, 3.63) is 71.3 Å². The molecule has 3 aromatic rings. The molecule has 0 radical (unpaired) electrons. The van der Waals surface area contributed by atoms with Crippen LogP contribution in [0.4, 0.5) is 5.69 Å². The van der Waals surface area contributed by atoms with Crippen LogP contribution in [0.5, 0.6) is 5.75 Å². The molecule has 1 aliphatic heterocycles. The van der Waals surface area contributed by atoms with Gasteiger partial charge in [0, 0.05) is 5.69 Å². The van der Waals surface area contributed by atoms with E-state index in [2.05, 4.69) is 56.0 Å². The molecule has 4 heteroatoms. The standard InChI is InChI=1S/C26H32N2O2/c1-19-14-20(2)26(21(3)15-19)28-12-10-27(11-13-28)17-24(29)18-30-25-9-8-22-6-4-5-7-23(22)16-25/h4-9,14-16,24,29H,10-13,17-18H2,1-3H3/p+1/t24-/m0/s1. The normalized spacial score (nSPS) is 16.1. The minimum absolute atomic E-state index is 0.335. The topological polar surface area (TPSA) is 37.1 Å². The van der Waals surface area contributed by atoms with E-state index in [1.165, 1.54) is 32.7 Å². The summed E-state index contributed by atoms with van der Waals surface area (Å²) in [7, 11) is 0. The lowest BCUT2D eigenvalue weighted by atomic mass is 10.0. The molecule has 2 N–H and O–H groups in total. The smallest absolute Gasteiger partial charge is 0.137 e. The van der Waals surface area contributed by atoms with Crippen molar-refractivity contribution in [3.63, 3.8) is 0 Å². The highest BCUT2D eigenvalue weighted by molar-refractivity contribution is 5.83. The number of nitrogens with one attached hydrogen (secondary N) is 1. The van der Waals surface area contributed by atoms with Gasteiger partial charge in [-0.2, -0.15) is 0 Å². The fraction of sp³-hybridized carbons (Fsp3) is 0.385. The summed E-state index contributed by atoms with van der Waals surface area (Å²) in [5, 5.41) is 12.9. The van der Waals surface area contributed by atoms with E-state index in [1.54, 1.807) is 0 Å². The Kier molecular flexibility index (Phi) is 6.26. The molecule has 0 amide bonds. The SMILES string of the molecule is Cc1cc(C)c(N2CC[NH+](C[C@H](O)COc3ccc4ccccc4c3)CC2)c(C)c1. The fourth-order valence-corrected chi connectivity index (χ4v) is 4.76. The number of benzene rings is 3. The first kappa shape index (κ1) is 20.7. The molecule has 0 unspecified atom stereocenters. The highest BCUT2D eigenvalue weighted by Crippen LogP contribution is 2.26. The van der Waals surface area contributed by atoms with E-state index < -0.39 is 6.10 Å². The second kappa shape index (κ2) is 9.07. The molecule has 0 aromatic heterocycles. The van der Waals surface area contributed by atoms with Crippen molar-refractivity contribution in [2.45, 2.75) is 26.9 Å². The minimum Gasteiger partial charge on any atom is -0.491 e. The summed E-state index contributed by atoms with van der Waals surface area (Å²) >= 11 is 0. The molecule has 1 atom stereocenters. The Bertz CT molecular complexity index is 986. The van der Waals surface area contributed by atoms with E-state index in [1.807, 2.05) is 24.3 Å². The average molecular weight is 406 g/mol. The van der Waals surface area contributed by atoms with Crippen molar-refractivity contribution in [3.8, 4) is 5.75 Å². The number of fused-ring (bicyclic) bond motifs is 1. The maximum Gasteiger partial charge on any atom is 0.137 e. The molecule has 1 fully saturated rings. The molecule has 0 saturated carbocycles. The molecule has 1 aliphatic rings. The van der Waals surface area contributed by atoms with Crippen molar-refractivity contribution in [2.75, 3.05) is 44.2 Å². The molecule has 3 aromatic carbocycles. The molecular weight excluding hydrogens is 372 g/mol. The van der Waals surface area contributed by atoms with E-state index in [0.717, 1.165) is 43.9 Å². The van der Waals surface area contributed by atoms with Crippen LogP contribution in [0.2, 0.25) is 0 Å². The number of quaternary nitrogens is 1. The van der Waals surface area contributed by atoms with Crippen molar-refractivity contribution in [2.24, 2.45) is 0 Å². The number of hydrogen-bond donors (Lipinski definition) is 2. The zero-order valence-corrected chi connectivity index (χ0v) is 18.3. The van der Waals surface area contributed by atoms with Gasteiger partial charge in [-0.05, 0) is 54.8 Å². The van der Waals surface area contributed by atoms with Gasteiger partial charge in [-0.3, -0.25) is 0 Å². The number of nitrogens with zero attached hydrogens (tertiary/aromatic N) is 1. The summed E-state index contributed by atoms with van der Waals surface area (Å²) in [6, 6.07) is 18.9. The van der Waals surface area contributed by atoms with E-state index >= 15 is 0 Å². The number of ether oxygens (including phenoxy) is 1. The van der Waals surface area contributed by atoms with Gasteiger partial charge in [0.1, 0.15) is 25.0 Å². The zero-order valence-electron chi connectivity index (χ0n) is 18.3. The quantitative estimate of drug-likeness (QED) is 0.662. The van der Waals surface area contributed by atoms with E-state index in [0.29, 0.717) is 6.61 Å². The van der Waals surface area contributed by atoms with Crippen molar-refractivity contribution >= 4 is 16.5 Å². The molecule has 1 heterocycles. The van der Waals surface area contributed by atoms with Gasteiger partial charge in [-0.25, -0.2) is 0 Å². The summed E-state index contributed by atoms with van der Waals surface area (Å²) < 4.78 is 5.88. The predicted molar refractivity (Wildman–Crippen MR) is 124 cm³/mol. The van der Waals surface area contributed by atoms with Crippen LogP contribution in [0.3, 0.4) is 0 Å². The number of anilines is 1. The van der Waals surface area contributed by atoms with Crippen LogP contribution in [0.1, 0.15) is 16.7 Å². The van der Waals surface area contributed by atoms with Crippen LogP contribution < -0.4 is 14.5 Å². The minimum atomic E-state index is -0.458. The summed E-state index contributed by atoms with van der Waals surface area (Å²) in [5.74, 6) is 0.817. The highest BCUT2D eigenvalue weighted by Gasteiger charge is 2.24. The van der Waals surface area contributed by atoms with Gasteiger partial charge in [-0.15, -0.1) is 0 Å². The Hall–Kier alpha value is -2.56. The molecule has 4 nitrogen and oxygen atoms in total. The molecule has 30 heavy (non-hydrogen) atoms. The lowest BCUT2D eigenvalue weighted by Crippen LogP contribution is -3.16. The van der Waals surface area contributed by atoms with Crippen LogP contribution in [-0.4, -0.2) is 50.5 Å². The van der Waals surface area contributed by atoms with E-state index in [-0.39, 0.29) is 0 Å². The number of piperazine rings is 1. The van der Waals surface area contributed by atoms with Gasteiger partial charge < -0.3 is 19.6 Å². The highest BCUT2D eigenvalue weighted by atomic mass is 16.5. The molecule has 4 rings (SSSR count). The third kappa shape index (κ3) is 4.77.